The van der Waals surface area contributed by atoms with E-state index in [0.29, 0.717) is 16.9 Å². The Labute approximate surface area is 114 Å². The van der Waals surface area contributed by atoms with E-state index in [1.165, 1.54) is 13.4 Å². The summed E-state index contributed by atoms with van der Waals surface area (Å²) in [7, 11) is 1.48. The topological polar surface area (TPSA) is 116 Å². The van der Waals surface area contributed by atoms with Crippen molar-refractivity contribution in [2.24, 2.45) is 0 Å². The van der Waals surface area contributed by atoms with Crippen LogP contribution in [0.2, 0.25) is 0 Å². The molecular formula is C12H16N4O4. The fraction of sp³-hybridized carbons (Fsp3) is 0.500. The number of nitrogen functional groups attached to an aromatic ring is 1. The van der Waals surface area contributed by atoms with Crippen LogP contribution in [0.4, 0.5) is 5.69 Å². The second kappa shape index (κ2) is 4.98. The summed E-state index contributed by atoms with van der Waals surface area (Å²) in [5.74, 6) is 0. The molecule has 0 radical (unpaired) electrons. The van der Waals surface area contributed by atoms with Crippen LogP contribution in [0.3, 0.4) is 0 Å². The predicted molar refractivity (Wildman–Crippen MR) is 69.7 cm³/mol. The number of imidazole rings is 1. The molecule has 2 aromatic heterocycles. The molecule has 4 N–H and O–H groups in total. The summed E-state index contributed by atoms with van der Waals surface area (Å²) in [6, 6.07) is 1.66. The fourth-order valence-electron chi connectivity index (χ4n) is 2.49. The molecule has 1 aliphatic heterocycles. The monoisotopic (exact) mass is 280 g/mol. The van der Waals surface area contributed by atoms with Crippen molar-refractivity contribution < 1.29 is 19.7 Å². The molecule has 0 unspecified atom stereocenters. The number of hydrogen-bond acceptors (Lipinski definition) is 7. The smallest absolute Gasteiger partial charge is 0.166 e. The third-order valence-electron chi connectivity index (χ3n) is 3.53. The van der Waals surface area contributed by atoms with Gasteiger partial charge in [-0.05, 0) is 6.07 Å². The summed E-state index contributed by atoms with van der Waals surface area (Å²) in [5, 5.41) is 19.3. The highest BCUT2D eigenvalue weighted by Gasteiger charge is 2.45. The maximum Gasteiger partial charge on any atom is 0.166 e. The fourth-order valence-corrected chi connectivity index (χ4v) is 2.49. The molecule has 20 heavy (non-hydrogen) atoms. The largest absolute Gasteiger partial charge is 0.397 e. The number of ether oxygens (including phenoxy) is 2. The molecule has 8 nitrogen and oxygen atoms in total. The van der Waals surface area contributed by atoms with Gasteiger partial charge in [0.2, 0.25) is 0 Å². The van der Waals surface area contributed by atoms with Gasteiger partial charge in [-0.2, -0.15) is 0 Å². The van der Waals surface area contributed by atoms with Crippen molar-refractivity contribution in [1.29, 1.82) is 0 Å². The van der Waals surface area contributed by atoms with E-state index in [1.807, 2.05) is 0 Å². The van der Waals surface area contributed by atoms with Crippen LogP contribution in [0.25, 0.3) is 11.2 Å². The third kappa shape index (κ3) is 1.85. The first-order valence-corrected chi connectivity index (χ1v) is 6.21. The summed E-state index contributed by atoms with van der Waals surface area (Å²) in [6.45, 7) is -0.292. The van der Waals surface area contributed by atoms with Gasteiger partial charge in [-0.3, -0.25) is 4.57 Å². The number of anilines is 1. The maximum absolute atomic E-state index is 10.1. The molecule has 108 valence electrons. The Bertz CT molecular complexity index is 617. The van der Waals surface area contributed by atoms with Gasteiger partial charge in [-0.25, -0.2) is 9.97 Å². The Morgan fingerprint density at radius 3 is 3.00 bits per heavy atom. The van der Waals surface area contributed by atoms with Crippen LogP contribution < -0.4 is 5.73 Å². The molecule has 0 aliphatic carbocycles. The normalized spacial score (nSPS) is 30.1. The molecule has 1 saturated heterocycles. The van der Waals surface area contributed by atoms with E-state index < -0.39 is 24.5 Å². The molecule has 2 aromatic rings. The minimum atomic E-state index is -0.923. The van der Waals surface area contributed by atoms with Gasteiger partial charge >= 0.3 is 0 Å². The second-order valence-corrected chi connectivity index (χ2v) is 4.66. The molecular weight excluding hydrogens is 264 g/mol. The number of fused-ring (bicyclic) bond motifs is 1. The highest BCUT2D eigenvalue weighted by Crippen LogP contribution is 2.33. The lowest BCUT2D eigenvalue weighted by Crippen LogP contribution is -2.34. The van der Waals surface area contributed by atoms with Crippen LogP contribution in [-0.2, 0) is 9.47 Å². The van der Waals surface area contributed by atoms with Crippen LogP contribution in [0.5, 0.6) is 0 Å². The Hall–Kier alpha value is -1.74. The molecule has 8 heteroatoms. The van der Waals surface area contributed by atoms with Crippen molar-refractivity contribution in [1.82, 2.24) is 14.5 Å². The molecule has 1 fully saturated rings. The zero-order valence-electron chi connectivity index (χ0n) is 10.9. The van der Waals surface area contributed by atoms with Crippen molar-refractivity contribution in [2.75, 3.05) is 19.5 Å². The molecule has 0 bridgehead atoms. The Kier molecular flexibility index (Phi) is 3.30. The maximum atomic E-state index is 10.1. The Morgan fingerprint density at radius 2 is 2.30 bits per heavy atom. The van der Waals surface area contributed by atoms with Crippen molar-refractivity contribution in [3.8, 4) is 0 Å². The van der Waals surface area contributed by atoms with Gasteiger partial charge in [0.1, 0.15) is 23.8 Å². The summed E-state index contributed by atoms with van der Waals surface area (Å²) >= 11 is 0. The molecule has 3 heterocycles. The number of nitrogens with two attached hydrogens (primary N) is 1. The van der Waals surface area contributed by atoms with E-state index in [-0.39, 0.29) is 6.61 Å². The first kappa shape index (κ1) is 13.3. The quantitative estimate of drug-likeness (QED) is 0.679. The number of nitrogens with zero attached hydrogens (tertiary/aromatic N) is 3. The van der Waals surface area contributed by atoms with Gasteiger partial charge in [0.15, 0.2) is 11.9 Å². The number of pyridine rings is 1. The first-order valence-electron chi connectivity index (χ1n) is 6.21. The van der Waals surface area contributed by atoms with Crippen LogP contribution in [0, 0.1) is 0 Å². The van der Waals surface area contributed by atoms with Crippen molar-refractivity contribution >= 4 is 16.9 Å². The van der Waals surface area contributed by atoms with Gasteiger partial charge in [-0.1, -0.05) is 0 Å². The zero-order valence-corrected chi connectivity index (χ0v) is 10.9. The van der Waals surface area contributed by atoms with Gasteiger partial charge in [0.25, 0.3) is 0 Å². The molecule has 0 spiro atoms. The molecule has 0 saturated carbocycles. The molecule has 0 aromatic carbocycles. The zero-order chi connectivity index (χ0) is 14.3. The van der Waals surface area contributed by atoms with Gasteiger partial charge in [0.05, 0.1) is 18.6 Å². The molecule has 0 amide bonds. The highest BCUT2D eigenvalue weighted by molar-refractivity contribution is 5.83. The number of aliphatic hydroxyl groups is 2. The summed E-state index contributed by atoms with van der Waals surface area (Å²) in [5.41, 5.74) is 7.46. The Morgan fingerprint density at radius 1 is 1.50 bits per heavy atom. The summed E-state index contributed by atoms with van der Waals surface area (Å²) in [4.78, 5) is 8.44. The molecule has 3 rings (SSSR count). The number of rotatable bonds is 3. The van der Waals surface area contributed by atoms with E-state index >= 15 is 0 Å². The first-order chi connectivity index (χ1) is 9.67. The van der Waals surface area contributed by atoms with E-state index in [0.717, 1.165) is 0 Å². The highest BCUT2D eigenvalue weighted by atomic mass is 16.6. The lowest BCUT2D eigenvalue weighted by molar-refractivity contribution is -0.0583. The van der Waals surface area contributed by atoms with Crippen LogP contribution in [-0.4, -0.2) is 56.8 Å². The summed E-state index contributed by atoms with van der Waals surface area (Å²) in [6.07, 6.45) is 0.250. The van der Waals surface area contributed by atoms with Crippen LogP contribution in [0.15, 0.2) is 18.6 Å². The number of hydrogen-bond donors (Lipinski definition) is 3. The van der Waals surface area contributed by atoms with Gasteiger partial charge in [0, 0.05) is 13.3 Å². The van der Waals surface area contributed by atoms with Crippen molar-refractivity contribution in [2.45, 2.75) is 24.5 Å². The number of methoxy groups -OCH3 is 1. The minimum absolute atomic E-state index is 0.292. The van der Waals surface area contributed by atoms with Crippen LogP contribution >= 0.6 is 0 Å². The van der Waals surface area contributed by atoms with E-state index in [4.69, 9.17) is 15.2 Å². The SMILES string of the molecule is CO[C@@H]1[C@H](O)[C@@H](CO)O[C@H]1n1cnc2c(N)ccnc21. The second-order valence-electron chi connectivity index (χ2n) is 4.66. The average molecular weight is 280 g/mol. The number of aromatic nitrogens is 3. The Balaban J connectivity index is 2.04. The molecule has 4 atom stereocenters. The standard InChI is InChI=1S/C12H16N4O4/c1-19-10-9(18)7(4-17)20-12(10)16-5-15-8-6(13)2-3-14-11(8)16/h2-3,5,7,9-10,12,17-18H,4H2,1H3,(H2,13,14)/t7-,9-,10-,12-/m1/s1. The average Bonchev–Trinajstić information content (AvgIpc) is 3.00. The lowest BCUT2D eigenvalue weighted by atomic mass is 10.1. The minimum Gasteiger partial charge on any atom is -0.397 e. The van der Waals surface area contributed by atoms with Crippen molar-refractivity contribution in [3.05, 3.63) is 18.6 Å². The lowest BCUT2D eigenvalue weighted by Gasteiger charge is -2.19. The molecule has 1 aliphatic rings. The van der Waals surface area contributed by atoms with Gasteiger partial charge in [-0.15, -0.1) is 0 Å². The van der Waals surface area contributed by atoms with Gasteiger partial charge < -0.3 is 25.4 Å². The van der Waals surface area contributed by atoms with E-state index in [9.17, 15) is 10.2 Å². The van der Waals surface area contributed by atoms with Crippen molar-refractivity contribution in [3.63, 3.8) is 0 Å². The third-order valence-corrected chi connectivity index (χ3v) is 3.53. The van der Waals surface area contributed by atoms with E-state index in [1.54, 1.807) is 16.8 Å². The predicted octanol–water partition coefficient (Wildman–Crippen LogP) is -0.721. The number of aliphatic hydroxyl groups excluding tert-OH is 2. The van der Waals surface area contributed by atoms with E-state index in [2.05, 4.69) is 9.97 Å². The van der Waals surface area contributed by atoms with Crippen LogP contribution in [0.1, 0.15) is 6.23 Å². The summed E-state index contributed by atoms with van der Waals surface area (Å²) < 4.78 is 12.6.